The van der Waals surface area contributed by atoms with E-state index in [-0.39, 0.29) is 0 Å². The lowest BCUT2D eigenvalue weighted by molar-refractivity contribution is 0.414. The molecule has 0 aliphatic carbocycles. The van der Waals surface area contributed by atoms with Crippen molar-refractivity contribution in [3.05, 3.63) is 29.8 Å². The summed E-state index contributed by atoms with van der Waals surface area (Å²) >= 11 is 1.99. The van der Waals surface area contributed by atoms with Gasteiger partial charge in [-0.3, -0.25) is 0 Å². The van der Waals surface area contributed by atoms with Crippen LogP contribution in [0.3, 0.4) is 0 Å². The molecule has 0 spiro atoms. The van der Waals surface area contributed by atoms with Gasteiger partial charge in [0.1, 0.15) is 5.75 Å². The molecule has 0 amide bonds. The smallest absolute Gasteiger partial charge is 0.119 e. The number of ether oxygens (including phenoxy) is 1. The first-order chi connectivity index (χ1) is 7.29. The van der Waals surface area contributed by atoms with E-state index in [2.05, 4.69) is 30.4 Å². The summed E-state index contributed by atoms with van der Waals surface area (Å²) in [6, 6.07) is 8.31. The minimum absolute atomic E-state index is 0.420. The van der Waals surface area contributed by atoms with Gasteiger partial charge in [0.05, 0.1) is 12.5 Å². The summed E-state index contributed by atoms with van der Waals surface area (Å²) in [6.45, 7) is 3.40. The number of thioether (sulfide) groups is 1. The molecule has 1 aromatic carbocycles. The summed E-state index contributed by atoms with van der Waals surface area (Å²) in [5.74, 6) is 0.938. The van der Waals surface area contributed by atoms with Crippen molar-refractivity contribution in [2.45, 2.75) is 24.0 Å². The van der Waals surface area contributed by atoms with E-state index in [1.54, 1.807) is 7.11 Å². The normalized spacial score (nSPS) is 26.3. The Morgan fingerprint density at radius 2 is 2.33 bits per heavy atom. The van der Waals surface area contributed by atoms with Crippen molar-refractivity contribution < 1.29 is 4.74 Å². The average molecular weight is 223 g/mol. The molecule has 1 saturated heterocycles. The lowest BCUT2D eigenvalue weighted by atomic mass is 10.2. The van der Waals surface area contributed by atoms with Gasteiger partial charge in [-0.2, -0.15) is 0 Å². The molecule has 2 unspecified atom stereocenters. The standard InChI is InChI=1S/C12H17NOS/c1-9-6-7-13-12(15-9)10-4-3-5-11(8-10)14-2/h3-5,8-9,12-13H,6-7H2,1-2H3. The quantitative estimate of drug-likeness (QED) is 0.833. The van der Waals surface area contributed by atoms with E-state index in [9.17, 15) is 0 Å². The van der Waals surface area contributed by atoms with Crippen molar-refractivity contribution in [1.82, 2.24) is 5.32 Å². The first-order valence-corrected chi connectivity index (χ1v) is 6.26. The molecule has 2 nitrogen and oxygen atoms in total. The van der Waals surface area contributed by atoms with Gasteiger partial charge in [0.15, 0.2) is 0 Å². The SMILES string of the molecule is COc1cccc(C2NCCC(C)S2)c1. The van der Waals surface area contributed by atoms with Crippen LogP contribution in [-0.2, 0) is 0 Å². The predicted octanol–water partition coefficient (Wildman–Crippen LogP) is 2.81. The third-order valence-corrected chi connectivity index (χ3v) is 4.06. The first-order valence-electron chi connectivity index (χ1n) is 5.32. The Kier molecular flexibility index (Phi) is 3.54. The lowest BCUT2D eigenvalue weighted by Crippen LogP contribution is -2.28. The third kappa shape index (κ3) is 2.67. The molecule has 1 heterocycles. The third-order valence-electron chi connectivity index (χ3n) is 2.65. The van der Waals surface area contributed by atoms with E-state index >= 15 is 0 Å². The van der Waals surface area contributed by atoms with Crippen LogP contribution in [0.25, 0.3) is 0 Å². The van der Waals surface area contributed by atoms with Gasteiger partial charge in [-0.05, 0) is 30.7 Å². The molecule has 0 radical (unpaired) electrons. The van der Waals surface area contributed by atoms with E-state index in [0.717, 1.165) is 17.5 Å². The Labute approximate surface area is 95.4 Å². The summed E-state index contributed by atoms with van der Waals surface area (Å²) in [7, 11) is 1.71. The monoisotopic (exact) mass is 223 g/mol. The predicted molar refractivity (Wildman–Crippen MR) is 65.4 cm³/mol. The Morgan fingerprint density at radius 1 is 1.47 bits per heavy atom. The molecule has 3 heteroatoms. The van der Waals surface area contributed by atoms with Gasteiger partial charge in [-0.25, -0.2) is 0 Å². The fraction of sp³-hybridized carbons (Fsp3) is 0.500. The van der Waals surface area contributed by atoms with E-state index < -0.39 is 0 Å². The van der Waals surface area contributed by atoms with Crippen LogP contribution in [0.4, 0.5) is 0 Å². The lowest BCUT2D eigenvalue weighted by Gasteiger charge is -2.28. The minimum Gasteiger partial charge on any atom is -0.497 e. The van der Waals surface area contributed by atoms with Crippen molar-refractivity contribution in [3.8, 4) is 5.75 Å². The van der Waals surface area contributed by atoms with Crippen molar-refractivity contribution >= 4 is 11.8 Å². The fourth-order valence-electron chi connectivity index (χ4n) is 1.77. The summed E-state index contributed by atoms with van der Waals surface area (Å²) < 4.78 is 5.24. The molecular weight excluding hydrogens is 206 g/mol. The molecular formula is C12H17NOS. The van der Waals surface area contributed by atoms with E-state index in [4.69, 9.17) is 4.74 Å². The molecule has 1 N–H and O–H groups in total. The molecule has 1 aliphatic rings. The Bertz CT molecular complexity index is 329. The summed E-state index contributed by atoms with van der Waals surface area (Å²) in [5, 5.41) is 4.68. The number of rotatable bonds is 2. The van der Waals surface area contributed by atoms with Crippen LogP contribution < -0.4 is 10.1 Å². The number of nitrogens with one attached hydrogen (secondary N) is 1. The van der Waals surface area contributed by atoms with Crippen LogP contribution in [0.1, 0.15) is 24.3 Å². The summed E-state index contributed by atoms with van der Waals surface area (Å²) in [4.78, 5) is 0. The van der Waals surface area contributed by atoms with Gasteiger partial charge in [-0.15, -0.1) is 11.8 Å². The molecule has 2 rings (SSSR count). The van der Waals surface area contributed by atoms with E-state index in [1.807, 2.05) is 17.8 Å². The number of methoxy groups -OCH3 is 1. The highest BCUT2D eigenvalue weighted by molar-refractivity contribution is 8.00. The van der Waals surface area contributed by atoms with E-state index in [1.165, 1.54) is 12.0 Å². The van der Waals surface area contributed by atoms with Crippen LogP contribution in [0.15, 0.2) is 24.3 Å². The van der Waals surface area contributed by atoms with Crippen LogP contribution in [0.5, 0.6) is 5.75 Å². The van der Waals surface area contributed by atoms with Gasteiger partial charge in [0, 0.05) is 5.25 Å². The highest BCUT2D eigenvalue weighted by Gasteiger charge is 2.20. The highest BCUT2D eigenvalue weighted by Crippen LogP contribution is 2.35. The topological polar surface area (TPSA) is 21.3 Å². The second-order valence-electron chi connectivity index (χ2n) is 3.85. The fourth-order valence-corrected chi connectivity index (χ4v) is 3.00. The number of hydrogen-bond donors (Lipinski definition) is 1. The zero-order valence-electron chi connectivity index (χ0n) is 9.19. The zero-order chi connectivity index (χ0) is 10.7. The van der Waals surface area contributed by atoms with Crippen LogP contribution in [0.2, 0.25) is 0 Å². The molecule has 1 aliphatic heterocycles. The maximum absolute atomic E-state index is 5.24. The Hall–Kier alpha value is -0.670. The second kappa shape index (κ2) is 4.90. The Morgan fingerprint density at radius 3 is 3.07 bits per heavy atom. The minimum atomic E-state index is 0.420. The van der Waals surface area contributed by atoms with Crippen molar-refractivity contribution in [2.24, 2.45) is 0 Å². The van der Waals surface area contributed by atoms with Crippen LogP contribution in [0, 0.1) is 0 Å². The van der Waals surface area contributed by atoms with Crippen molar-refractivity contribution in [1.29, 1.82) is 0 Å². The van der Waals surface area contributed by atoms with Crippen LogP contribution in [-0.4, -0.2) is 18.9 Å². The Balaban J connectivity index is 2.13. The van der Waals surface area contributed by atoms with Crippen LogP contribution >= 0.6 is 11.8 Å². The maximum Gasteiger partial charge on any atom is 0.119 e. The van der Waals surface area contributed by atoms with Crippen molar-refractivity contribution in [2.75, 3.05) is 13.7 Å². The molecule has 1 fully saturated rings. The first kappa shape index (κ1) is 10.8. The molecule has 82 valence electrons. The number of benzene rings is 1. The molecule has 1 aromatic rings. The second-order valence-corrected chi connectivity index (χ2v) is 5.39. The molecule has 0 bridgehead atoms. The summed E-state index contributed by atoms with van der Waals surface area (Å²) in [6.07, 6.45) is 1.26. The average Bonchev–Trinajstić information content (AvgIpc) is 2.29. The molecule has 15 heavy (non-hydrogen) atoms. The van der Waals surface area contributed by atoms with E-state index in [0.29, 0.717) is 5.37 Å². The van der Waals surface area contributed by atoms with Gasteiger partial charge in [-0.1, -0.05) is 19.1 Å². The molecule has 2 atom stereocenters. The van der Waals surface area contributed by atoms with Gasteiger partial charge in [0.25, 0.3) is 0 Å². The largest absolute Gasteiger partial charge is 0.497 e. The summed E-state index contributed by atoms with van der Waals surface area (Å²) in [5.41, 5.74) is 1.31. The van der Waals surface area contributed by atoms with Crippen molar-refractivity contribution in [3.63, 3.8) is 0 Å². The zero-order valence-corrected chi connectivity index (χ0v) is 10.0. The van der Waals surface area contributed by atoms with Gasteiger partial charge < -0.3 is 10.1 Å². The number of hydrogen-bond acceptors (Lipinski definition) is 3. The maximum atomic E-state index is 5.24. The molecule has 0 aromatic heterocycles. The van der Waals surface area contributed by atoms with Gasteiger partial charge in [0.2, 0.25) is 0 Å². The molecule has 0 saturated carbocycles. The highest BCUT2D eigenvalue weighted by atomic mass is 32.2. The van der Waals surface area contributed by atoms with Gasteiger partial charge >= 0.3 is 0 Å².